The van der Waals surface area contributed by atoms with Crippen LogP contribution < -0.4 is 10.6 Å². The monoisotopic (exact) mass is 377 g/mol. The van der Waals surface area contributed by atoms with E-state index in [-0.39, 0.29) is 17.2 Å². The van der Waals surface area contributed by atoms with Crippen molar-refractivity contribution in [1.82, 2.24) is 20.5 Å². The van der Waals surface area contributed by atoms with Gasteiger partial charge in [-0.25, -0.2) is 5.10 Å². The third-order valence-corrected chi connectivity index (χ3v) is 4.33. The van der Waals surface area contributed by atoms with E-state index in [0.717, 1.165) is 5.56 Å². The van der Waals surface area contributed by atoms with Gasteiger partial charge in [0.25, 0.3) is 11.8 Å². The Balaban J connectivity index is 1.55. The molecule has 0 aliphatic rings. The molecule has 0 aliphatic heterocycles. The number of aromatic nitrogens is 3. The summed E-state index contributed by atoms with van der Waals surface area (Å²) in [4.78, 5) is 28.3. The van der Waals surface area contributed by atoms with Crippen molar-refractivity contribution in [3.63, 3.8) is 0 Å². The van der Waals surface area contributed by atoms with Gasteiger partial charge in [-0.15, -0.1) is 0 Å². The number of amides is 2. The van der Waals surface area contributed by atoms with Gasteiger partial charge < -0.3 is 5.32 Å². The maximum absolute atomic E-state index is 12.3. The number of aromatic amines is 1. The van der Waals surface area contributed by atoms with Crippen LogP contribution in [-0.2, 0) is 12.0 Å². The van der Waals surface area contributed by atoms with Crippen LogP contribution in [0.25, 0.3) is 0 Å². The minimum absolute atomic E-state index is 0.0521. The lowest BCUT2D eigenvalue weighted by Crippen LogP contribution is -2.23. The molecule has 3 N–H and O–H groups in total. The molecule has 0 saturated heterocycles. The largest absolute Gasteiger partial charge is 0.348 e. The summed E-state index contributed by atoms with van der Waals surface area (Å²) >= 11 is 0. The summed E-state index contributed by atoms with van der Waals surface area (Å²) in [5, 5.41) is 11.7. The number of carbonyl (C=O) groups excluding carboxylic acids is 2. The SMILES string of the molecule is CC(C)(C)c1ccc(C(=O)NCc2ccc(C(=O)Nc3ncn[nH]3)cc2)cc1. The van der Waals surface area contributed by atoms with Crippen LogP contribution in [0, 0.1) is 0 Å². The lowest BCUT2D eigenvalue weighted by molar-refractivity contribution is 0.0949. The van der Waals surface area contributed by atoms with E-state index in [0.29, 0.717) is 23.6 Å². The second-order valence-corrected chi connectivity index (χ2v) is 7.50. The molecule has 2 aromatic carbocycles. The summed E-state index contributed by atoms with van der Waals surface area (Å²) in [5.74, 6) is -0.127. The quantitative estimate of drug-likeness (QED) is 0.635. The fourth-order valence-electron chi connectivity index (χ4n) is 2.63. The predicted molar refractivity (Wildman–Crippen MR) is 107 cm³/mol. The summed E-state index contributed by atoms with van der Waals surface area (Å²) < 4.78 is 0. The normalized spacial score (nSPS) is 11.1. The summed E-state index contributed by atoms with van der Waals surface area (Å²) in [5.41, 5.74) is 3.25. The van der Waals surface area contributed by atoms with E-state index in [2.05, 4.69) is 46.6 Å². The molecule has 7 nitrogen and oxygen atoms in total. The van der Waals surface area contributed by atoms with Gasteiger partial charge in [-0.3, -0.25) is 14.9 Å². The third kappa shape index (κ3) is 4.82. The minimum atomic E-state index is -0.286. The summed E-state index contributed by atoms with van der Waals surface area (Å²) in [6.45, 7) is 6.79. The molecule has 0 spiro atoms. The average molecular weight is 377 g/mol. The average Bonchev–Trinajstić information content (AvgIpc) is 3.19. The van der Waals surface area contributed by atoms with Gasteiger partial charge in [0.2, 0.25) is 5.95 Å². The molecular formula is C21H23N5O2. The van der Waals surface area contributed by atoms with Gasteiger partial charge in [0.15, 0.2) is 0 Å². The third-order valence-electron chi connectivity index (χ3n) is 4.33. The van der Waals surface area contributed by atoms with Gasteiger partial charge in [-0.05, 0) is 40.8 Å². The van der Waals surface area contributed by atoms with Crippen LogP contribution in [0.4, 0.5) is 5.95 Å². The zero-order chi connectivity index (χ0) is 20.1. The Bertz CT molecular complexity index is 940. The standard InChI is InChI=1S/C21H23N5O2/c1-21(2,3)17-10-8-15(9-11-17)18(27)22-12-14-4-6-16(7-5-14)19(28)25-20-23-13-24-26-20/h4-11,13H,12H2,1-3H3,(H,22,27)(H2,23,24,25,26,28). The summed E-state index contributed by atoms with van der Waals surface area (Å²) in [6, 6.07) is 14.7. The first kappa shape index (κ1) is 19.3. The van der Waals surface area contributed by atoms with E-state index in [1.54, 1.807) is 24.3 Å². The van der Waals surface area contributed by atoms with Crippen molar-refractivity contribution in [3.05, 3.63) is 77.1 Å². The number of hydrogen-bond donors (Lipinski definition) is 3. The van der Waals surface area contributed by atoms with E-state index in [1.807, 2.05) is 24.3 Å². The van der Waals surface area contributed by atoms with Crippen molar-refractivity contribution in [2.45, 2.75) is 32.7 Å². The van der Waals surface area contributed by atoms with Crippen LogP contribution in [0.3, 0.4) is 0 Å². The zero-order valence-electron chi connectivity index (χ0n) is 16.1. The first-order valence-electron chi connectivity index (χ1n) is 8.97. The van der Waals surface area contributed by atoms with Crippen LogP contribution in [0.1, 0.15) is 52.6 Å². The second-order valence-electron chi connectivity index (χ2n) is 7.50. The molecular weight excluding hydrogens is 354 g/mol. The van der Waals surface area contributed by atoms with Crippen LogP contribution in [0.2, 0.25) is 0 Å². The van der Waals surface area contributed by atoms with E-state index in [4.69, 9.17) is 0 Å². The van der Waals surface area contributed by atoms with E-state index in [1.165, 1.54) is 11.9 Å². The Kier molecular flexibility index (Phi) is 5.54. The molecule has 0 saturated carbocycles. The number of carbonyl (C=O) groups is 2. The predicted octanol–water partition coefficient (Wildman–Crippen LogP) is 3.28. The topological polar surface area (TPSA) is 99.8 Å². The van der Waals surface area contributed by atoms with E-state index in [9.17, 15) is 9.59 Å². The molecule has 144 valence electrons. The molecule has 0 atom stereocenters. The summed E-state index contributed by atoms with van der Waals surface area (Å²) in [7, 11) is 0. The molecule has 0 fully saturated rings. The van der Waals surface area contributed by atoms with Crippen molar-refractivity contribution in [2.24, 2.45) is 0 Å². The van der Waals surface area contributed by atoms with Crippen LogP contribution in [0.15, 0.2) is 54.9 Å². The highest BCUT2D eigenvalue weighted by Crippen LogP contribution is 2.22. The molecule has 7 heteroatoms. The van der Waals surface area contributed by atoms with Gasteiger partial charge in [-0.2, -0.15) is 10.1 Å². The van der Waals surface area contributed by atoms with Gasteiger partial charge >= 0.3 is 0 Å². The highest BCUT2D eigenvalue weighted by atomic mass is 16.2. The van der Waals surface area contributed by atoms with Gasteiger partial charge in [0, 0.05) is 17.7 Å². The minimum Gasteiger partial charge on any atom is -0.348 e. The van der Waals surface area contributed by atoms with Crippen molar-refractivity contribution in [3.8, 4) is 0 Å². The zero-order valence-corrected chi connectivity index (χ0v) is 16.1. The lowest BCUT2D eigenvalue weighted by atomic mass is 9.87. The van der Waals surface area contributed by atoms with Gasteiger partial charge in [-0.1, -0.05) is 45.0 Å². The molecule has 3 rings (SSSR count). The van der Waals surface area contributed by atoms with Gasteiger partial charge in [0.05, 0.1) is 0 Å². The number of hydrogen-bond acceptors (Lipinski definition) is 4. The maximum atomic E-state index is 12.3. The van der Waals surface area contributed by atoms with Crippen LogP contribution >= 0.6 is 0 Å². The highest BCUT2D eigenvalue weighted by molar-refractivity contribution is 6.03. The molecule has 2 amide bonds. The van der Waals surface area contributed by atoms with Crippen molar-refractivity contribution >= 4 is 17.8 Å². The number of nitrogens with zero attached hydrogens (tertiary/aromatic N) is 2. The second kappa shape index (κ2) is 8.04. The Morgan fingerprint density at radius 1 is 0.929 bits per heavy atom. The number of nitrogens with one attached hydrogen (secondary N) is 3. The number of H-pyrrole nitrogens is 1. The Labute approximate surface area is 163 Å². The van der Waals surface area contributed by atoms with Crippen LogP contribution in [0.5, 0.6) is 0 Å². The van der Waals surface area contributed by atoms with Crippen molar-refractivity contribution in [1.29, 1.82) is 0 Å². The van der Waals surface area contributed by atoms with E-state index < -0.39 is 0 Å². The molecule has 3 aromatic rings. The molecule has 0 bridgehead atoms. The number of rotatable bonds is 5. The first-order valence-corrected chi connectivity index (χ1v) is 8.97. The van der Waals surface area contributed by atoms with Crippen LogP contribution in [-0.4, -0.2) is 27.0 Å². The Morgan fingerprint density at radius 3 is 2.11 bits per heavy atom. The molecule has 0 radical (unpaired) electrons. The fraction of sp³-hybridized carbons (Fsp3) is 0.238. The summed E-state index contributed by atoms with van der Waals surface area (Å²) in [6.07, 6.45) is 1.32. The molecule has 28 heavy (non-hydrogen) atoms. The van der Waals surface area contributed by atoms with Crippen molar-refractivity contribution in [2.75, 3.05) is 5.32 Å². The smallest absolute Gasteiger partial charge is 0.258 e. The highest BCUT2D eigenvalue weighted by Gasteiger charge is 2.14. The molecule has 0 aliphatic carbocycles. The lowest BCUT2D eigenvalue weighted by Gasteiger charge is -2.19. The van der Waals surface area contributed by atoms with Crippen molar-refractivity contribution < 1.29 is 9.59 Å². The van der Waals surface area contributed by atoms with Gasteiger partial charge in [0.1, 0.15) is 6.33 Å². The first-order chi connectivity index (χ1) is 13.3. The Hall–Kier alpha value is -3.48. The Morgan fingerprint density at radius 2 is 1.54 bits per heavy atom. The number of benzene rings is 2. The number of anilines is 1. The fourth-order valence-corrected chi connectivity index (χ4v) is 2.63. The van der Waals surface area contributed by atoms with E-state index >= 15 is 0 Å². The molecule has 1 aromatic heterocycles. The molecule has 1 heterocycles. The maximum Gasteiger partial charge on any atom is 0.258 e. The molecule has 0 unspecified atom stereocenters.